The Morgan fingerprint density at radius 3 is 2.68 bits per heavy atom. The van der Waals surface area contributed by atoms with Crippen molar-refractivity contribution in [1.82, 2.24) is 15.6 Å². The molecule has 2 rings (SSSR count). The molecule has 0 bridgehead atoms. The summed E-state index contributed by atoms with van der Waals surface area (Å²) in [6.45, 7) is 7.13. The number of halogens is 1. The van der Waals surface area contributed by atoms with Gasteiger partial charge < -0.3 is 10.6 Å². The molecule has 0 saturated heterocycles. The van der Waals surface area contributed by atoms with Crippen molar-refractivity contribution in [2.45, 2.75) is 13.5 Å². The average molecular weight is 428 g/mol. The van der Waals surface area contributed by atoms with Gasteiger partial charge in [-0.25, -0.2) is 4.98 Å². The fraction of sp³-hybridized carbons (Fsp3) is 0.250. The Balaban J connectivity index is 0.00000242. The Morgan fingerprint density at radius 1 is 1.32 bits per heavy atom. The van der Waals surface area contributed by atoms with E-state index in [9.17, 15) is 0 Å². The van der Waals surface area contributed by atoms with Crippen LogP contribution >= 0.6 is 35.3 Å². The van der Waals surface area contributed by atoms with Crippen molar-refractivity contribution < 1.29 is 0 Å². The zero-order chi connectivity index (χ0) is 15.1. The van der Waals surface area contributed by atoms with Gasteiger partial charge in [-0.05, 0) is 6.92 Å². The lowest BCUT2D eigenvalue weighted by Gasteiger charge is -2.09. The van der Waals surface area contributed by atoms with Crippen molar-refractivity contribution in [1.29, 1.82) is 0 Å². The molecule has 0 aliphatic heterocycles. The lowest BCUT2D eigenvalue weighted by molar-refractivity contribution is 0.851. The molecule has 0 aliphatic carbocycles. The summed E-state index contributed by atoms with van der Waals surface area (Å²) < 4.78 is 0. The van der Waals surface area contributed by atoms with E-state index in [2.05, 4.69) is 39.3 Å². The standard InChI is InChI=1S/C16H20N4S.HI/c1-4-10-18-16(17-3)19-11-14-12(2)20-15(21-14)13-8-6-5-7-9-13;/h4-9H,1,10-11H2,2-3H3,(H2,17,18,19);1H. The number of hydrogen-bond acceptors (Lipinski definition) is 3. The molecule has 22 heavy (non-hydrogen) atoms. The Hall–Kier alpha value is -1.41. The zero-order valence-electron chi connectivity index (χ0n) is 12.8. The van der Waals surface area contributed by atoms with E-state index in [-0.39, 0.29) is 24.0 Å². The van der Waals surface area contributed by atoms with Crippen molar-refractivity contribution in [2.24, 2.45) is 4.99 Å². The second kappa shape index (κ2) is 9.58. The largest absolute Gasteiger partial charge is 0.353 e. The highest BCUT2D eigenvalue weighted by Gasteiger charge is 2.09. The van der Waals surface area contributed by atoms with E-state index in [0.717, 1.165) is 22.2 Å². The lowest BCUT2D eigenvalue weighted by Crippen LogP contribution is -2.36. The Morgan fingerprint density at radius 2 is 2.05 bits per heavy atom. The first-order valence-corrected chi connectivity index (χ1v) is 7.63. The number of rotatable bonds is 5. The van der Waals surface area contributed by atoms with Crippen molar-refractivity contribution in [3.63, 3.8) is 0 Å². The third-order valence-corrected chi connectivity index (χ3v) is 4.17. The minimum Gasteiger partial charge on any atom is -0.353 e. The van der Waals surface area contributed by atoms with Gasteiger partial charge in [0.2, 0.25) is 0 Å². The smallest absolute Gasteiger partial charge is 0.191 e. The van der Waals surface area contributed by atoms with E-state index >= 15 is 0 Å². The Labute approximate surface area is 152 Å². The maximum atomic E-state index is 4.65. The number of nitrogens with zero attached hydrogens (tertiary/aromatic N) is 2. The molecule has 4 nitrogen and oxygen atoms in total. The van der Waals surface area contributed by atoms with Gasteiger partial charge in [-0.3, -0.25) is 4.99 Å². The zero-order valence-corrected chi connectivity index (χ0v) is 15.9. The molecular formula is C16H21IN4S. The molecule has 0 spiro atoms. The maximum Gasteiger partial charge on any atom is 0.191 e. The van der Waals surface area contributed by atoms with Gasteiger partial charge >= 0.3 is 0 Å². The van der Waals surface area contributed by atoms with E-state index in [0.29, 0.717) is 13.1 Å². The first-order chi connectivity index (χ1) is 10.2. The van der Waals surface area contributed by atoms with E-state index in [1.807, 2.05) is 25.1 Å². The van der Waals surface area contributed by atoms with Crippen molar-refractivity contribution in [3.05, 3.63) is 53.6 Å². The Bertz CT molecular complexity index is 622. The maximum absolute atomic E-state index is 4.65. The van der Waals surface area contributed by atoms with Crippen LogP contribution in [0.3, 0.4) is 0 Å². The van der Waals surface area contributed by atoms with Gasteiger partial charge in [0.05, 0.1) is 12.2 Å². The first kappa shape index (κ1) is 18.6. The molecule has 0 fully saturated rings. The number of hydrogen-bond donors (Lipinski definition) is 2. The molecule has 0 amide bonds. The third-order valence-electron chi connectivity index (χ3n) is 2.97. The monoisotopic (exact) mass is 428 g/mol. The van der Waals surface area contributed by atoms with Crippen LogP contribution in [-0.2, 0) is 6.54 Å². The minimum atomic E-state index is 0. The van der Waals surface area contributed by atoms with Gasteiger partial charge in [0, 0.05) is 24.0 Å². The van der Waals surface area contributed by atoms with Gasteiger partial charge in [0.25, 0.3) is 0 Å². The number of benzene rings is 1. The van der Waals surface area contributed by atoms with Crippen molar-refractivity contribution in [3.8, 4) is 10.6 Å². The minimum absolute atomic E-state index is 0. The van der Waals surface area contributed by atoms with Crippen LogP contribution in [0.25, 0.3) is 10.6 Å². The number of aliphatic imine (C=N–C) groups is 1. The highest BCUT2D eigenvalue weighted by atomic mass is 127. The molecular weight excluding hydrogens is 407 g/mol. The second-order valence-corrected chi connectivity index (χ2v) is 5.57. The van der Waals surface area contributed by atoms with Gasteiger partial charge in [0.1, 0.15) is 5.01 Å². The SMILES string of the molecule is C=CCNC(=NC)NCc1sc(-c2ccccc2)nc1C.I. The van der Waals surface area contributed by atoms with Gasteiger partial charge in [-0.15, -0.1) is 41.9 Å². The number of aromatic nitrogens is 1. The predicted octanol–water partition coefficient (Wildman–Crippen LogP) is 3.59. The highest BCUT2D eigenvalue weighted by Crippen LogP contribution is 2.27. The molecule has 0 aliphatic rings. The quantitative estimate of drug-likeness (QED) is 0.331. The van der Waals surface area contributed by atoms with Crippen LogP contribution in [0.5, 0.6) is 0 Å². The molecule has 6 heteroatoms. The number of guanidine groups is 1. The van der Waals surface area contributed by atoms with Crippen LogP contribution in [0.15, 0.2) is 48.0 Å². The predicted molar refractivity (Wildman–Crippen MR) is 106 cm³/mol. The van der Waals surface area contributed by atoms with E-state index in [1.54, 1.807) is 24.5 Å². The molecule has 0 atom stereocenters. The molecule has 0 saturated carbocycles. The normalized spacial score (nSPS) is 10.7. The van der Waals surface area contributed by atoms with E-state index in [4.69, 9.17) is 0 Å². The number of aryl methyl sites for hydroxylation is 1. The first-order valence-electron chi connectivity index (χ1n) is 6.81. The van der Waals surface area contributed by atoms with Crippen LogP contribution in [0.2, 0.25) is 0 Å². The Kier molecular flexibility index (Phi) is 8.11. The lowest BCUT2D eigenvalue weighted by atomic mass is 10.2. The number of nitrogens with one attached hydrogen (secondary N) is 2. The summed E-state index contributed by atoms with van der Waals surface area (Å²) in [4.78, 5) is 10.0. The van der Waals surface area contributed by atoms with E-state index < -0.39 is 0 Å². The highest BCUT2D eigenvalue weighted by molar-refractivity contribution is 14.0. The summed E-state index contributed by atoms with van der Waals surface area (Å²) in [5, 5.41) is 7.49. The molecule has 1 aromatic carbocycles. The van der Waals surface area contributed by atoms with Crippen molar-refractivity contribution in [2.75, 3.05) is 13.6 Å². The van der Waals surface area contributed by atoms with Gasteiger partial charge in [-0.2, -0.15) is 0 Å². The van der Waals surface area contributed by atoms with Crippen LogP contribution in [-0.4, -0.2) is 24.5 Å². The molecule has 1 aromatic heterocycles. The fourth-order valence-electron chi connectivity index (χ4n) is 1.85. The summed E-state index contributed by atoms with van der Waals surface area (Å²) >= 11 is 1.71. The summed E-state index contributed by atoms with van der Waals surface area (Å²) in [6.07, 6.45) is 1.80. The average Bonchev–Trinajstić information content (AvgIpc) is 2.90. The summed E-state index contributed by atoms with van der Waals surface area (Å²) in [5.41, 5.74) is 2.22. The topological polar surface area (TPSA) is 49.3 Å². The molecule has 0 unspecified atom stereocenters. The molecule has 2 N–H and O–H groups in total. The second-order valence-electron chi connectivity index (χ2n) is 4.49. The van der Waals surface area contributed by atoms with Crippen molar-refractivity contribution >= 4 is 41.3 Å². The summed E-state index contributed by atoms with van der Waals surface area (Å²) in [7, 11) is 1.76. The summed E-state index contributed by atoms with van der Waals surface area (Å²) in [6, 6.07) is 10.2. The molecule has 1 heterocycles. The number of thiazole rings is 1. The van der Waals surface area contributed by atoms with Crippen LogP contribution in [0, 0.1) is 6.92 Å². The molecule has 118 valence electrons. The van der Waals surface area contributed by atoms with Gasteiger partial charge in [0.15, 0.2) is 5.96 Å². The van der Waals surface area contributed by atoms with E-state index in [1.165, 1.54) is 4.88 Å². The fourth-order valence-corrected chi connectivity index (χ4v) is 2.86. The van der Waals surface area contributed by atoms with Crippen LogP contribution in [0.1, 0.15) is 10.6 Å². The molecule has 2 aromatic rings. The van der Waals surface area contributed by atoms with Crippen LogP contribution in [0.4, 0.5) is 0 Å². The summed E-state index contributed by atoms with van der Waals surface area (Å²) in [5.74, 6) is 0.768. The van der Waals surface area contributed by atoms with Crippen LogP contribution < -0.4 is 10.6 Å². The third kappa shape index (κ3) is 5.10. The molecule has 0 radical (unpaired) electrons. The van der Waals surface area contributed by atoms with Gasteiger partial charge in [-0.1, -0.05) is 36.4 Å².